The van der Waals surface area contributed by atoms with Crippen LogP contribution in [-0.4, -0.2) is 40.7 Å². The predicted octanol–water partition coefficient (Wildman–Crippen LogP) is 5.13. The minimum Gasteiger partial charge on any atom is -0.508 e. The van der Waals surface area contributed by atoms with E-state index in [9.17, 15) is 37.8 Å². The maximum Gasteiger partial charge on any atom is 0.573 e. The molecular formula is C26H25F3O7. The highest BCUT2D eigenvalue weighted by Gasteiger charge is 2.32. The quantitative estimate of drug-likeness (QED) is 0.188. The number of allylic oxidation sites excluding steroid dienone is 2. The molecule has 2 rings (SSSR count). The third-order valence-electron chi connectivity index (χ3n) is 4.94. The predicted molar refractivity (Wildman–Crippen MR) is 125 cm³/mol. The lowest BCUT2D eigenvalue weighted by Gasteiger charge is -2.12. The van der Waals surface area contributed by atoms with Gasteiger partial charge >= 0.3 is 12.3 Å². The summed E-state index contributed by atoms with van der Waals surface area (Å²) in [4.78, 5) is 36.6. The SMILES string of the molecule is CC(=O)OCCCC(C(=O)/C=C/c1ccc(O)c(C)c1)C(=O)/C=C/c1ccc(O)c(OC(F)(F)F)c1. The van der Waals surface area contributed by atoms with Gasteiger partial charge in [0, 0.05) is 6.92 Å². The van der Waals surface area contributed by atoms with Gasteiger partial charge in [0.2, 0.25) is 0 Å². The number of phenolic OH excluding ortho intramolecular Hbond substituents is 2. The van der Waals surface area contributed by atoms with Crippen molar-refractivity contribution in [2.45, 2.75) is 33.1 Å². The summed E-state index contributed by atoms with van der Waals surface area (Å²) in [6.45, 7) is 2.93. The average Bonchev–Trinajstić information content (AvgIpc) is 2.79. The summed E-state index contributed by atoms with van der Waals surface area (Å²) in [7, 11) is 0. The van der Waals surface area contributed by atoms with Gasteiger partial charge in [-0.05, 0) is 72.9 Å². The summed E-state index contributed by atoms with van der Waals surface area (Å²) in [6.07, 6.45) is 0.241. The minimum atomic E-state index is -5.02. The zero-order chi connectivity index (χ0) is 26.9. The summed E-state index contributed by atoms with van der Waals surface area (Å²) in [5.74, 6) is -4.24. The first-order valence-corrected chi connectivity index (χ1v) is 10.8. The molecular weight excluding hydrogens is 481 g/mol. The Morgan fingerprint density at radius 2 is 1.50 bits per heavy atom. The molecule has 0 spiro atoms. The lowest BCUT2D eigenvalue weighted by atomic mass is 9.92. The monoisotopic (exact) mass is 506 g/mol. The summed E-state index contributed by atoms with van der Waals surface area (Å²) in [5.41, 5.74) is 1.35. The molecule has 1 atom stereocenters. The number of hydrogen-bond acceptors (Lipinski definition) is 7. The molecule has 2 aromatic rings. The molecule has 0 aliphatic rings. The fourth-order valence-corrected chi connectivity index (χ4v) is 3.14. The Morgan fingerprint density at radius 1 is 0.944 bits per heavy atom. The van der Waals surface area contributed by atoms with Crippen molar-refractivity contribution in [2.75, 3.05) is 6.61 Å². The Bertz CT molecular complexity index is 1170. The van der Waals surface area contributed by atoms with Gasteiger partial charge in [0.05, 0.1) is 12.5 Å². The standard InChI is InChI=1S/C26H25F3O7/c1-16-14-18(5-9-21(16)31)6-10-22(32)20(4-3-13-35-17(2)30)23(33)11-7-19-8-12-24(34)25(15-19)36-26(27,28)29/h5-12,14-15,20,31,34H,3-4,13H2,1-2H3/b10-6+,11-7+. The largest absolute Gasteiger partial charge is 0.573 e. The van der Waals surface area contributed by atoms with Crippen LogP contribution >= 0.6 is 0 Å². The number of halogens is 3. The molecule has 0 aliphatic heterocycles. The van der Waals surface area contributed by atoms with Gasteiger partial charge in [-0.1, -0.05) is 24.3 Å². The number of phenols is 2. The second-order valence-electron chi connectivity index (χ2n) is 7.83. The highest BCUT2D eigenvalue weighted by atomic mass is 19.4. The number of hydrogen-bond donors (Lipinski definition) is 2. The first kappa shape index (κ1) is 28.2. The highest BCUT2D eigenvalue weighted by molar-refractivity contribution is 6.13. The third-order valence-corrected chi connectivity index (χ3v) is 4.94. The molecule has 0 aliphatic carbocycles. The molecule has 36 heavy (non-hydrogen) atoms. The molecule has 0 saturated carbocycles. The van der Waals surface area contributed by atoms with E-state index < -0.39 is 41.3 Å². The molecule has 192 valence electrons. The number of carbonyl (C=O) groups is 3. The summed E-state index contributed by atoms with van der Waals surface area (Å²) < 4.78 is 46.1. The number of aromatic hydroxyl groups is 2. The lowest BCUT2D eigenvalue weighted by molar-refractivity contribution is -0.275. The van der Waals surface area contributed by atoms with E-state index in [0.717, 1.165) is 18.2 Å². The number of alkyl halides is 3. The van der Waals surface area contributed by atoms with E-state index in [1.807, 2.05) is 0 Å². The van der Waals surface area contributed by atoms with Crippen LogP contribution in [0.25, 0.3) is 12.2 Å². The first-order valence-electron chi connectivity index (χ1n) is 10.8. The Hall–Kier alpha value is -4.08. The lowest BCUT2D eigenvalue weighted by Crippen LogP contribution is -2.22. The van der Waals surface area contributed by atoms with Crippen LogP contribution in [0.2, 0.25) is 0 Å². The van der Waals surface area contributed by atoms with E-state index in [0.29, 0.717) is 11.1 Å². The maximum absolute atomic E-state index is 12.8. The summed E-state index contributed by atoms with van der Waals surface area (Å²) >= 11 is 0. The van der Waals surface area contributed by atoms with Crippen LogP contribution < -0.4 is 4.74 Å². The van der Waals surface area contributed by atoms with Crippen LogP contribution in [0.4, 0.5) is 13.2 Å². The zero-order valence-electron chi connectivity index (χ0n) is 19.5. The second-order valence-corrected chi connectivity index (χ2v) is 7.83. The Labute approximate surface area is 205 Å². The highest BCUT2D eigenvalue weighted by Crippen LogP contribution is 2.32. The van der Waals surface area contributed by atoms with Crippen LogP contribution in [0.15, 0.2) is 48.6 Å². The van der Waals surface area contributed by atoms with Gasteiger partial charge in [-0.3, -0.25) is 14.4 Å². The van der Waals surface area contributed by atoms with Crippen LogP contribution in [0.5, 0.6) is 17.2 Å². The van der Waals surface area contributed by atoms with Crippen molar-refractivity contribution in [3.05, 3.63) is 65.2 Å². The number of esters is 1. The molecule has 10 heteroatoms. The minimum absolute atomic E-state index is 0.00703. The molecule has 0 fully saturated rings. The molecule has 7 nitrogen and oxygen atoms in total. The van der Waals surface area contributed by atoms with Gasteiger partial charge in [-0.15, -0.1) is 13.2 Å². The molecule has 0 radical (unpaired) electrons. The first-order chi connectivity index (χ1) is 16.9. The summed E-state index contributed by atoms with van der Waals surface area (Å²) in [6, 6.07) is 7.87. The molecule has 0 amide bonds. The molecule has 0 bridgehead atoms. The fraction of sp³-hybridized carbons (Fsp3) is 0.269. The van der Waals surface area contributed by atoms with Gasteiger partial charge < -0.3 is 19.7 Å². The molecule has 1 unspecified atom stereocenters. The Kier molecular flexibility index (Phi) is 9.83. The van der Waals surface area contributed by atoms with Crippen molar-refractivity contribution >= 4 is 29.7 Å². The topological polar surface area (TPSA) is 110 Å². The molecule has 2 aromatic carbocycles. The van der Waals surface area contributed by atoms with Gasteiger partial charge in [-0.2, -0.15) is 0 Å². The number of ether oxygens (including phenoxy) is 2. The van der Waals surface area contributed by atoms with Crippen molar-refractivity contribution in [1.82, 2.24) is 0 Å². The molecule has 0 saturated heterocycles. The third kappa shape index (κ3) is 9.28. The number of aryl methyl sites for hydroxylation is 1. The van der Waals surface area contributed by atoms with E-state index in [1.54, 1.807) is 19.1 Å². The van der Waals surface area contributed by atoms with Crippen molar-refractivity contribution in [3.8, 4) is 17.2 Å². The number of rotatable bonds is 11. The van der Waals surface area contributed by atoms with E-state index in [-0.39, 0.29) is 30.8 Å². The molecule has 0 heterocycles. The van der Waals surface area contributed by atoms with Crippen molar-refractivity contribution in [2.24, 2.45) is 5.92 Å². The fourth-order valence-electron chi connectivity index (χ4n) is 3.14. The van der Waals surface area contributed by atoms with E-state index in [2.05, 4.69) is 4.74 Å². The Morgan fingerprint density at radius 3 is 2.03 bits per heavy atom. The second kappa shape index (κ2) is 12.6. The molecule has 2 N–H and O–H groups in total. The van der Waals surface area contributed by atoms with E-state index >= 15 is 0 Å². The van der Waals surface area contributed by atoms with Crippen LogP contribution in [0.3, 0.4) is 0 Å². The van der Waals surface area contributed by atoms with Crippen LogP contribution in [-0.2, 0) is 19.1 Å². The number of carbonyl (C=O) groups excluding carboxylic acids is 3. The smallest absolute Gasteiger partial charge is 0.508 e. The Balaban J connectivity index is 2.20. The molecule has 0 aromatic heterocycles. The zero-order valence-corrected chi connectivity index (χ0v) is 19.5. The normalized spacial score (nSPS) is 12.6. The van der Waals surface area contributed by atoms with Crippen molar-refractivity contribution in [3.63, 3.8) is 0 Å². The van der Waals surface area contributed by atoms with Gasteiger partial charge in [0.25, 0.3) is 0 Å². The van der Waals surface area contributed by atoms with Crippen LogP contribution in [0.1, 0.15) is 36.5 Å². The van der Waals surface area contributed by atoms with Crippen molar-refractivity contribution < 1.29 is 47.2 Å². The van der Waals surface area contributed by atoms with Gasteiger partial charge in [0.15, 0.2) is 23.1 Å². The van der Waals surface area contributed by atoms with Gasteiger partial charge in [0.1, 0.15) is 5.75 Å². The van der Waals surface area contributed by atoms with E-state index in [1.165, 1.54) is 37.3 Å². The maximum atomic E-state index is 12.8. The van der Waals surface area contributed by atoms with E-state index in [4.69, 9.17) is 4.74 Å². The van der Waals surface area contributed by atoms with Crippen LogP contribution in [0, 0.1) is 12.8 Å². The summed E-state index contributed by atoms with van der Waals surface area (Å²) in [5, 5.41) is 19.2. The number of ketones is 2. The van der Waals surface area contributed by atoms with Crippen molar-refractivity contribution in [1.29, 1.82) is 0 Å². The number of benzene rings is 2. The average molecular weight is 506 g/mol. The van der Waals surface area contributed by atoms with Gasteiger partial charge in [-0.25, -0.2) is 0 Å².